The Balaban J connectivity index is 1.28. The van der Waals surface area contributed by atoms with Crippen LogP contribution in [0.1, 0.15) is 12.0 Å². The summed E-state index contributed by atoms with van der Waals surface area (Å²) in [6.45, 7) is 0.345. The molecule has 0 amide bonds. The van der Waals surface area contributed by atoms with Gasteiger partial charge in [-0.1, -0.05) is 0 Å². The number of rotatable bonds is 5. The summed E-state index contributed by atoms with van der Waals surface area (Å²) in [6, 6.07) is 8.87. The zero-order valence-electron chi connectivity index (χ0n) is 19.9. The number of pyridine rings is 2. The molecule has 1 aliphatic heterocycles. The van der Waals surface area contributed by atoms with Crippen LogP contribution in [0.2, 0.25) is 0 Å². The number of nitrogens with zero attached hydrogens (tertiary/aromatic N) is 5. The van der Waals surface area contributed by atoms with Gasteiger partial charge in [-0.15, -0.1) is 0 Å². The van der Waals surface area contributed by atoms with Crippen molar-refractivity contribution in [3.63, 3.8) is 0 Å². The van der Waals surface area contributed by atoms with Crippen LogP contribution in [0.4, 0.5) is 13.2 Å². The van der Waals surface area contributed by atoms with Crippen LogP contribution >= 0.6 is 0 Å². The van der Waals surface area contributed by atoms with Crippen molar-refractivity contribution in [1.82, 2.24) is 35.0 Å². The van der Waals surface area contributed by atoms with E-state index in [1.54, 1.807) is 54.2 Å². The van der Waals surface area contributed by atoms with Gasteiger partial charge in [0.15, 0.2) is 11.5 Å². The van der Waals surface area contributed by atoms with Gasteiger partial charge in [-0.25, -0.2) is 23.1 Å². The standard InChI is InChI=1S/C27H20F3N7O/c28-22-18(17-9-15(10-31-11-17)12-37-7-5-27(29,30)14-37)1-2-20-21(22)24(36-35-20)26-33-23-19(16-4-8-38-13-16)3-6-32-25(23)34-26/h1-4,6,8-11,13H,5,7,12,14H2,(H,35,36)(H,32,33,34). The second-order valence-corrected chi connectivity index (χ2v) is 9.47. The van der Waals surface area contributed by atoms with Crippen LogP contribution in [-0.4, -0.2) is 54.0 Å². The van der Waals surface area contributed by atoms with E-state index in [2.05, 4.69) is 30.1 Å². The number of H-pyrrole nitrogens is 2. The van der Waals surface area contributed by atoms with E-state index in [0.717, 1.165) is 16.7 Å². The van der Waals surface area contributed by atoms with Crippen molar-refractivity contribution < 1.29 is 17.6 Å². The number of aromatic nitrogens is 6. The van der Waals surface area contributed by atoms with Crippen LogP contribution in [0, 0.1) is 5.82 Å². The minimum absolute atomic E-state index is 0.157. The van der Waals surface area contributed by atoms with Crippen molar-refractivity contribution >= 4 is 22.1 Å². The number of nitrogens with one attached hydrogen (secondary N) is 2. The van der Waals surface area contributed by atoms with Gasteiger partial charge in [0, 0.05) is 60.4 Å². The molecule has 0 bridgehead atoms. The van der Waals surface area contributed by atoms with E-state index in [1.807, 2.05) is 12.1 Å². The second-order valence-electron chi connectivity index (χ2n) is 9.47. The lowest BCUT2D eigenvalue weighted by Crippen LogP contribution is -2.24. The van der Waals surface area contributed by atoms with Crippen molar-refractivity contribution in [3.8, 4) is 33.8 Å². The molecule has 6 heterocycles. The second kappa shape index (κ2) is 8.52. The highest BCUT2D eigenvalue weighted by Crippen LogP contribution is 2.35. The van der Waals surface area contributed by atoms with E-state index in [9.17, 15) is 8.78 Å². The quantitative estimate of drug-likeness (QED) is 0.301. The fraction of sp³-hybridized carbons (Fsp3) is 0.185. The van der Waals surface area contributed by atoms with Crippen LogP contribution in [0.15, 0.2) is 65.9 Å². The molecule has 0 saturated carbocycles. The molecule has 1 aliphatic rings. The lowest BCUT2D eigenvalue weighted by atomic mass is 10.0. The Labute approximate surface area is 213 Å². The number of alkyl halides is 2. The number of benzene rings is 1. The molecule has 190 valence electrons. The molecule has 7 rings (SSSR count). The molecule has 1 saturated heterocycles. The fourth-order valence-electron chi connectivity index (χ4n) is 5.07. The minimum Gasteiger partial charge on any atom is -0.472 e. The number of hydrogen-bond donors (Lipinski definition) is 2. The summed E-state index contributed by atoms with van der Waals surface area (Å²) in [4.78, 5) is 18.1. The molecule has 5 aromatic heterocycles. The van der Waals surface area contributed by atoms with E-state index in [4.69, 9.17) is 4.42 Å². The van der Waals surface area contributed by atoms with E-state index < -0.39 is 11.7 Å². The predicted octanol–water partition coefficient (Wildman–Crippen LogP) is 5.80. The zero-order valence-corrected chi connectivity index (χ0v) is 19.9. The van der Waals surface area contributed by atoms with Crippen LogP contribution in [0.5, 0.6) is 0 Å². The summed E-state index contributed by atoms with van der Waals surface area (Å²) in [5, 5.41) is 7.51. The maximum atomic E-state index is 16.1. The van der Waals surface area contributed by atoms with Gasteiger partial charge >= 0.3 is 0 Å². The molecule has 1 fully saturated rings. The normalized spacial score (nSPS) is 15.7. The number of furan rings is 1. The third-order valence-electron chi connectivity index (χ3n) is 6.88. The van der Waals surface area contributed by atoms with E-state index in [-0.39, 0.29) is 18.4 Å². The molecule has 8 nitrogen and oxygen atoms in total. The number of imidazole rings is 1. The third-order valence-corrected chi connectivity index (χ3v) is 6.88. The minimum atomic E-state index is -2.68. The van der Waals surface area contributed by atoms with E-state index in [0.29, 0.717) is 52.4 Å². The van der Waals surface area contributed by atoms with Crippen LogP contribution in [0.3, 0.4) is 0 Å². The van der Waals surface area contributed by atoms with Gasteiger partial charge in [0.1, 0.15) is 11.5 Å². The first kappa shape index (κ1) is 22.7. The van der Waals surface area contributed by atoms with E-state index >= 15 is 4.39 Å². The number of likely N-dealkylation sites (tertiary alicyclic amines) is 1. The number of aromatic amines is 2. The summed E-state index contributed by atoms with van der Waals surface area (Å²) in [7, 11) is 0. The Morgan fingerprint density at radius 1 is 1.08 bits per heavy atom. The van der Waals surface area contributed by atoms with Gasteiger partial charge in [-0.05, 0) is 35.9 Å². The third kappa shape index (κ3) is 3.82. The largest absolute Gasteiger partial charge is 0.472 e. The Morgan fingerprint density at radius 3 is 2.82 bits per heavy atom. The molecule has 0 radical (unpaired) electrons. The maximum absolute atomic E-state index is 16.1. The molecule has 38 heavy (non-hydrogen) atoms. The number of halogens is 3. The average Bonchev–Trinajstić information content (AvgIpc) is 3.70. The molecule has 0 atom stereocenters. The van der Waals surface area contributed by atoms with Crippen molar-refractivity contribution in [2.45, 2.75) is 18.9 Å². The molecule has 6 aromatic rings. The first-order valence-electron chi connectivity index (χ1n) is 12.0. The molecule has 0 aliphatic carbocycles. The van der Waals surface area contributed by atoms with Crippen molar-refractivity contribution in [3.05, 3.63) is 72.8 Å². The van der Waals surface area contributed by atoms with Gasteiger partial charge in [0.2, 0.25) is 0 Å². The molecule has 11 heteroatoms. The lowest BCUT2D eigenvalue weighted by Gasteiger charge is -2.16. The molecule has 0 unspecified atom stereocenters. The summed E-state index contributed by atoms with van der Waals surface area (Å²) >= 11 is 0. The predicted molar refractivity (Wildman–Crippen MR) is 135 cm³/mol. The van der Waals surface area contributed by atoms with Gasteiger partial charge < -0.3 is 9.40 Å². The van der Waals surface area contributed by atoms with Gasteiger partial charge in [0.25, 0.3) is 5.92 Å². The monoisotopic (exact) mass is 515 g/mol. The van der Waals surface area contributed by atoms with Crippen LogP contribution < -0.4 is 0 Å². The lowest BCUT2D eigenvalue weighted by molar-refractivity contribution is 0.0115. The first-order valence-corrected chi connectivity index (χ1v) is 12.0. The molecular weight excluding hydrogens is 495 g/mol. The van der Waals surface area contributed by atoms with Crippen molar-refractivity contribution in [2.24, 2.45) is 0 Å². The van der Waals surface area contributed by atoms with Gasteiger partial charge in [-0.2, -0.15) is 5.10 Å². The SMILES string of the molecule is Fc1c(-c2cncc(CN3CCC(F)(F)C3)c2)ccc2[nH]nc(-c3nc4nccc(-c5ccoc5)c4[nH]3)c12. The van der Waals surface area contributed by atoms with Gasteiger partial charge in [0.05, 0.1) is 35.5 Å². The van der Waals surface area contributed by atoms with Crippen molar-refractivity contribution in [1.29, 1.82) is 0 Å². The fourth-order valence-corrected chi connectivity index (χ4v) is 5.07. The molecule has 2 N–H and O–H groups in total. The summed E-state index contributed by atoms with van der Waals surface area (Å²) in [6.07, 6.45) is 7.90. The number of hydrogen-bond acceptors (Lipinski definition) is 6. The summed E-state index contributed by atoms with van der Waals surface area (Å²) in [5.74, 6) is -2.79. The topological polar surface area (TPSA) is 99.5 Å². The van der Waals surface area contributed by atoms with Crippen LogP contribution in [-0.2, 0) is 6.54 Å². The Morgan fingerprint density at radius 2 is 2.00 bits per heavy atom. The zero-order chi connectivity index (χ0) is 25.9. The molecule has 0 spiro atoms. The Bertz CT molecular complexity index is 1790. The highest BCUT2D eigenvalue weighted by atomic mass is 19.3. The first-order chi connectivity index (χ1) is 18.4. The van der Waals surface area contributed by atoms with Gasteiger partial charge in [-0.3, -0.25) is 15.0 Å². The molecule has 1 aromatic carbocycles. The Kier molecular flexibility index (Phi) is 5.08. The smallest absolute Gasteiger partial charge is 0.261 e. The Hall–Kier alpha value is -4.51. The highest BCUT2D eigenvalue weighted by molar-refractivity contribution is 5.97. The van der Waals surface area contributed by atoms with E-state index in [1.165, 1.54) is 0 Å². The van der Waals surface area contributed by atoms with Crippen LogP contribution in [0.25, 0.3) is 55.8 Å². The maximum Gasteiger partial charge on any atom is 0.261 e. The average molecular weight is 515 g/mol. The summed E-state index contributed by atoms with van der Waals surface area (Å²) < 4.78 is 48.5. The number of fused-ring (bicyclic) bond motifs is 2. The highest BCUT2D eigenvalue weighted by Gasteiger charge is 2.38. The van der Waals surface area contributed by atoms with Crippen molar-refractivity contribution in [2.75, 3.05) is 13.1 Å². The summed E-state index contributed by atoms with van der Waals surface area (Å²) in [5.41, 5.74) is 5.30. The molecular formula is C27H20F3N7O.